The molecule has 1 aromatic rings. The molecular formula is C19H13Cl6NO7. The maximum atomic E-state index is 13.2. The minimum Gasteiger partial charge on any atom is -0.493 e. The molecule has 0 radical (unpaired) electrons. The molecule has 1 heterocycles. The summed E-state index contributed by atoms with van der Waals surface area (Å²) in [6.45, 7) is 0. The molecule has 2 aliphatic carbocycles. The molecule has 4 atom stereocenters. The van der Waals surface area contributed by atoms with E-state index in [-0.39, 0.29) is 37.9 Å². The number of carbonyl (C=O) groups excluding carboxylic acids is 3. The van der Waals surface area contributed by atoms with Gasteiger partial charge in [-0.1, -0.05) is 46.4 Å². The zero-order chi connectivity index (χ0) is 24.7. The average Bonchev–Trinajstić information content (AvgIpc) is 3.16. The van der Waals surface area contributed by atoms with Crippen LogP contribution in [0.2, 0.25) is 0 Å². The fourth-order valence-corrected chi connectivity index (χ4v) is 7.32. The molecule has 0 unspecified atom stereocenters. The lowest BCUT2D eigenvalue weighted by Gasteiger charge is -2.34. The number of alkyl halides is 4. The van der Waals surface area contributed by atoms with Gasteiger partial charge >= 0.3 is 5.97 Å². The van der Waals surface area contributed by atoms with Crippen molar-refractivity contribution < 1.29 is 33.4 Å². The standard InChI is InChI=1S/C19H13Cl6NO7/c1-30-7-4-6(5-8(31-2)11(7)32-3)16(29)33-26-14(27)9-10(15(26)28)18(23)13(21)12(20)17(9,22)19(18,24)25/h4-5,9-10H,1-3H3/t9-,10-,17-,18-/m0/s1. The second-order valence-electron chi connectivity index (χ2n) is 7.34. The third-order valence-corrected chi connectivity index (χ3v) is 10.2. The highest BCUT2D eigenvalue weighted by Crippen LogP contribution is 2.77. The number of carbonyl (C=O) groups is 3. The number of hydroxylamine groups is 2. The highest BCUT2D eigenvalue weighted by atomic mass is 35.5. The number of rotatable bonds is 5. The molecule has 2 amide bonds. The van der Waals surface area contributed by atoms with Gasteiger partial charge in [0.15, 0.2) is 15.8 Å². The van der Waals surface area contributed by atoms with Crippen molar-refractivity contribution in [2.45, 2.75) is 14.1 Å². The number of fused-ring (bicyclic) bond motifs is 5. The molecule has 2 bridgehead atoms. The fraction of sp³-hybridized carbons (Fsp3) is 0.421. The van der Waals surface area contributed by atoms with Crippen molar-refractivity contribution in [3.05, 3.63) is 27.8 Å². The smallest absolute Gasteiger partial charge is 0.364 e. The first-order valence-corrected chi connectivity index (χ1v) is 11.3. The summed E-state index contributed by atoms with van der Waals surface area (Å²) in [5.41, 5.74) is -0.107. The third kappa shape index (κ3) is 2.82. The van der Waals surface area contributed by atoms with Gasteiger partial charge in [0.2, 0.25) is 5.75 Å². The minimum absolute atomic E-state index is 0.107. The molecule has 0 N–H and O–H groups in total. The highest BCUT2D eigenvalue weighted by Gasteiger charge is 2.88. The van der Waals surface area contributed by atoms with E-state index in [9.17, 15) is 14.4 Å². The number of halogens is 6. The Balaban J connectivity index is 1.69. The summed E-state index contributed by atoms with van der Waals surface area (Å²) in [7, 11) is 4.08. The summed E-state index contributed by atoms with van der Waals surface area (Å²) in [5, 5.41) is -0.255. The Morgan fingerprint density at radius 2 is 1.27 bits per heavy atom. The number of hydrogen-bond donors (Lipinski definition) is 0. The van der Waals surface area contributed by atoms with Crippen LogP contribution in [0.3, 0.4) is 0 Å². The van der Waals surface area contributed by atoms with E-state index in [4.69, 9.17) is 88.7 Å². The number of allylic oxidation sites excluding steroid dienone is 2. The van der Waals surface area contributed by atoms with Crippen LogP contribution < -0.4 is 14.2 Å². The molecule has 0 aromatic heterocycles. The number of methoxy groups -OCH3 is 3. The van der Waals surface area contributed by atoms with Crippen LogP contribution >= 0.6 is 69.6 Å². The molecule has 14 heteroatoms. The van der Waals surface area contributed by atoms with Crippen LogP contribution in [-0.4, -0.2) is 58.3 Å². The van der Waals surface area contributed by atoms with Crippen LogP contribution in [0.25, 0.3) is 0 Å². The first-order valence-electron chi connectivity index (χ1n) is 9.06. The summed E-state index contributed by atoms with van der Waals surface area (Å²) >= 11 is 38.5. The second-order valence-corrected chi connectivity index (χ2v) is 10.6. The number of ether oxygens (including phenoxy) is 3. The first kappa shape index (κ1) is 24.8. The van der Waals surface area contributed by atoms with E-state index in [0.717, 1.165) is 0 Å². The van der Waals surface area contributed by atoms with Crippen LogP contribution in [0.15, 0.2) is 22.2 Å². The van der Waals surface area contributed by atoms with Gasteiger partial charge in [-0.05, 0) is 12.1 Å². The zero-order valence-electron chi connectivity index (χ0n) is 16.9. The average molecular weight is 580 g/mol. The summed E-state index contributed by atoms with van der Waals surface area (Å²) in [4.78, 5) is 40.3. The number of imide groups is 1. The van der Waals surface area contributed by atoms with Gasteiger partial charge in [-0.3, -0.25) is 9.59 Å². The molecule has 4 rings (SSSR count). The van der Waals surface area contributed by atoms with Crippen molar-refractivity contribution in [3.8, 4) is 17.2 Å². The van der Waals surface area contributed by atoms with Crippen LogP contribution in [0.5, 0.6) is 17.2 Å². The van der Waals surface area contributed by atoms with Crippen molar-refractivity contribution in [1.29, 1.82) is 0 Å². The molecule has 0 spiro atoms. The lowest BCUT2D eigenvalue weighted by atomic mass is 9.84. The van der Waals surface area contributed by atoms with E-state index < -0.39 is 43.7 Å². The van der Waals surface area contributed by atoms with Crippen molar-refractivity contribution in [2.75, 3.05) is 21.3 Å². The predicted octanol–water partition coefficient (Wildman–Crippen LogP) is 4.23. The molecule has 178 valence electrons. The number of nitrogens with zero attached hydrogens (tertiary/aromatic N) is 1. The van der Waals surface area contributed by atoms with E-state index in [1.54, 1.807) is 0 Å². The lowest BCUT2D eigenvalue weighted by molar-refractivity contribution is -0.175. The lowest BCUT2D eigenvalue weighted by Crippen LogP contribution is -2.50. The molecule has 3 aliphatic rings. The van der Waals surface area contributed by atoms with E-state index in [1.165, 1.54) is 33.5 Å². The Morgan fingerprint density at radius 1 is 0.848 bits per heavy atom. The normalized spacial score (nSPS) is 31.7. The Labute approximate surface area is 217 Å². The summed E-state index contributed by atoms with van der Waals surface area (Å²) < 4.78 is 13.5. The van der Waals surface area contributed by atoms with Crippen molar-refractivity contribution >= 4 is 87.4 Å². The molecule has 1 aromatic carbocycles. The van der Waals surface area contributed by atoms with Crippen molar-refractivity contribution in [1.82, 2.24) is 5.06 Å². The second kappa shape index (κ2) is 7.86. The Hall–Kier alpha value is -1.29. The maximum Gasteiger partial charge on any atom is 0.364 e. The van der Waals surface area contributed by atoms with Crippen LogP contribution in [0, 0.1) is 11.8 Å². The van der Waals surface area contributed by atoms with E-state index in [0.29, 0.717) is 0 Å². The molecule has 2 fully saturated rings. The molecule has 8 nitrogen and oxygen atoms in total. The molecule has 1 saturated heterocycles. The summed E-state index contributed by atoms with van der Waals surface area (Å²) in [5.74, 6) is -5.43. The first-order chi connectivity index (χ1) is 15.3. The van der Waals surface area contributed by atoms with Crippen LogP contribution in [-0.2, 0) is 14.4 Å². The van der Waals surface area contributed by atoms with Crippen LogP contribution in [0.1, 0.15) is 10.4 Å². The monoisotopic (exact) mass is 577 g/mol. The van der Waals surface area contributed by atoms with Crippen molar-refractivity contribution in [2.24, 2.45) is 11.8 Å². The van der Waals surface area contributed by atoms with E-state index >= 15 is 0 Å². The van der Waals surface area contributed by atoms with Gasteiger partial charge in [-0.15, -0.1) is 28.3 Å². The quantitative estimate of drug-likeness (QED) is 0.381. The predicted molar refractivity (Wildman–Crippen MR) is 121 cm³/mol. The molecule has 33 heavy (non-hydrogen) atoms. The molecular weight excluding hydrogens is 567 g/mol. The molecule has 1 saturated carbocycles. The number of benzene rings is 1. The molecule has 1 aliphatic heterocycles. The number of amides is 2. The van der Waals surface area contributed by atoms with Crippen LogP contribution in [0.4, 0.5) is 0 Å². The fourth-order valence-electron chi connectivity index (χ4n) is 4.39. The largest absolute Gasteiger partial charge is 0.493 e. The minimum atomic E-state index is -2.09. The maximum absolute atomic E-state index is 13.2. The van der Waals surface area contributed by atoms with Gasteiger partial charge in [0.25, 0.3) is 11.8 Å². The van der Waals surface area contributed by atoms with Gasteiger partial charge in [-0.2, -0.15) is 0 Å². The topological polar surface area (TPSA) is 91.4 Å². The summed E-state index contributed by atoms with van der Waals surface area (Å²) in [6.07, 6.45) is 0. The zero-order valence-corrected chi connectivity index (χ0v) is 21.4. The van der Waals surface area contributed by atoms with E-state index in [1.807, 2.05) is 0 Å². The highest BCUT2D eigenvalue weighted by molar-refractivity contribution is 6.66. The van der Waals surface area contributed by atoms with Gasteiger partial charge < -0.3 is 19.0 Å². The Kier molecular flexibility index (Phi) is 5.92. The van der Waals surface area contributed by atoms with Gasteiger partial charge in [0, 0.05) is 0 Å². The SMILES string of the molecule is COc1cc(C(=O)ON2C(=O)[C@@H]3[C@@H](C2=O)[C@]2(Cl)C(Cl)=C(Cl)[C@]3(Cl)C2(Cl)Cl)cc(OC)c1OC. The Morgan fingerprint density at radius 3 is 1.64 bits per heavy atom. The number of hydrogen-bond acceptors (Lipinski definition) is 7. The van der Waals surface area contributed by atoms with Gasteiger partial charge in [0.05, 0.1) is 48.8 Å². The van der Waals surface area contributed by atoms with Gasteiger partial charge in [0.1, 0.15) is 9.75 Å². The van der Waals surface area contributed by atoms with E-state index in [2.05, 4.69) is 0 Å². The third-order valence-electron chi connectivity index (χ3n) is 5.94. The van der Waals surface area contributed by atoms with Gasteiger partial charge in [-0.25, -0.2) is 4.79 Å². The summed E-state index contributed by atoms with van der Waals surface area (Å²) in [6, 6.07) is 2.56. The van der Waals surface area contributed by atoms with Crippen molar-refractivity contribution in [3.63, 3.8) is 0 Å². The Bertz CT molecular complexity index is 1070.